The Bertz CT molecular complexity index is 457. The Labute approximate surface area is 118 Å². The lowest BCUT2D eigenvalue weighted by Crippen LogP contribution is -2.37. The molecule has 1 fully saturated rings. The number of carbonyl (C=O) groups excluding carboxylic acids is 1. The Balaban J connectivity index is 2.25. The molecule has 2 rings (SSSR count). The molecule has 0 amide bonds. The van der Waals surface area contributed by atoms with Gasteiger partial charge in [0.1, 0.15) is 5.56 Å². The fraction of sp³-hybridized carbons (Fsp3) is 0.500. The van der Waals surface area contributed by atoms with Gasteiger partial charge in [-0.15, -0.1) is 0 Å². The molecule has 0 radical (unpaired) electrons. The van der Waals surface area contributed by atoms with Crippen LogP contribution in [0.25, 0.3) is 0 Å². The van der Waals surface area contributed by atoms with Crippen LogP contribution in [-0.2, 0) is 4.74 Å². The van der Waals surface area contributed by atoms with Gasteiger partial charge < -0.3 is 15.4 Å². The van der Waals surface area contributed by atoms with Gasteiger partial charge in [0.05, 0.1) is 17.8 Å². The molecule has 19 heavy (non-hydrogen) atoms. The molecule has 0 aliphatic carbocycles. The highest BCUT2D eigenvalue weighted by molar-refractivity contribution is 6.34. The Morgan fingerprint density at radius 1 is 1.47 bits per heavy atom. The predicted molar refractivity (Wildman–Crippen MR) is 76.8 cm³/mol. The molecule has 1 saturated heterocycles. The molecule has 104 valence electrons. The molecule has 0 unspecified atom stereocenters. The summed E-state index contributed by atoms with van der Waals surface area (Å²) >= 11 is 6.13. The lowest BCUT2D eigenvalue weighted by Gasteiger charge is -2.34. The van der Waals surface area contributed by atoms with Crippen molar-refractivity contribution in [3.8, 4) is 0 Å². The second-order valence-electron chi connectivity index (χ2n) is 4.79. The van der Waals surface area contributed by atoms with Crippen LogP contribution >= 0.6 is 11.6 Å². The van der Waals surface area contributed by atoms with E-state index < -0.39 is 0 Å². The third-order valence-electron chi connectivity index (χ3n) is 3.67. The monoisotopic (exact) mass is 282 g/mol. The first-order valence-corrected chi connectivity index (χ1v) is 6.87. The van der Waals surface area contributed by atoms with E-state index in [4.69, 9.17) is 22.1 Å². The van der Waals surface area contributed by atoms with Gasteiger partial charge in [-0.05, 0) is 37.4 Å². The van der Waals surface area contributed by atoms with E-state index in [2.05, 4.69) is 4.90 Å². The SMILES string of the molecule is COC(=O)c1c(Cl)cccc1N1CCC(CN)CC1. The standard InChI is InChI=1S/C14H19ClN2O2/c1-19-14(18)13-11(15)3-2-4-12(13)17-7-5-10(9-16)6-8-17/h2-4,10H,5-9,16H2,1H3. The van der Waals surface area contributed by atoms with Gasteiger partial charge in [0.15, 0.2) is 0 Å². The number of benzene rings is 1. The van der Waals surface area contributed by atoms with E-state index >= 15 is 0 Å². The van der Waals surface area contributed by atoms with Crippen molar-refractivity contribution >= 4 is 23.3 Å². The molecule has 0 spiro atoms. The average molecular weight is 283 g/mol. The van der Waals surface area contributed by atoms with Crippen LogP contribution in [0.15, 0.2) is 18.2 Å². The molecule has 1 aromatic carbocycles. The van der Waals surface area contributed by atoms with Crippen molar-refractivity contribution in [2.24, 2.45) is 11.7 Å². The van der Waals surface area contributed by atoms with Crippen LogP contribution in [0.3, 0.4) is 0 Å². The number of piperidine rings is 1. The molecule has 0 aromatic heterocycles. The van der Waals surface area contributed by atoms with E-state index in [0.29, 0.717) is 16.5 Å². The van der Waals surface area contributed by atoms with E-state index in [9.17, 15) is 4.79 Å². The Kier molecular flexibility index (Phi) is 4.66. The first-order chi connectivity index (χ1) is 9.17. The first kappa shape index (κ1) is 14.2. The molecule has 0 saturated carbocycles. The van der Waals surface area contributed by atoms with E-state index in [0.717, 1.165) is 38.2 Å². The van der Waals surface area contributed by atoms with Crippen molar-refractivity contribution in [3.05, 3.63) is 28.8 Å². The van der Waals surface area contributed by atoms with E-state index in [1.54, 1.807) is 6.07 Å². The van der Waals surface area contributed by atoms with E-state index in [-0.39, 0.29) is 5.97 Å². The number of nitrogens with two attached hydrogens (primary N) is 1. The number of carbonyl (C=O) groups is 1. The van der Waals surface area contributed by atoms with Crippen molar-refractivity contribution in [1.82, 2.24) is 0 Å². The first-order valence-electron chi connectivity index (χ1n) is 6.49. The largest absolute Gasteiger partial charge is 0.465 e. The second kappa shape index (κ2) is 6.26. The van der Waals surface area contributed by atoms with Crippen LogP contribution in [-0.4, -0.2) is 32.7 Å². The Morgan fingerprint density at radius 3 is 2.74 bits per heavy atom. The number of halogens is 1. The van der Waals surface area contributed by atoms with Crippen molar-refractivity contribution in [3.63, 3.8) is 0 Å². The zero-order valence-electron chi connectivity index (χ0n) is 11.1. The molecule has 2 N–H and O–H groups in total. The smallest absolute Gasteiger partial charge is 0.341 e. The normalized spacial score (nSPS) is 16.5. The molecular weight excluding hydrogens is 264 g/mol. The maximum Gasteiger partial charge on any atom is 0.341 e. The number of hydrogen-bond acceptors (Lipinski definition) is 4. The summed E-state index contributed by atoms with van der Waals surface area (Å²) in [6.07, 6.45) is 2.09. The highest BCUT2D eigenvalue weighted by atomic mass is 35.5. The highest BCUT2D eigenvalue weighted by Gasteiger charge is 2.24. The third-order valence-corrected chi connectivity index (χ3v) is 3.98. The summed E-state index contributed by atoms with van der Waals surface area (Å²) in [5.41, 5.74) is 7.01. The highest BCUT2D eigenvalue weighted by Crippen LogP contribution is 2.31. The molecule has 5 heteroatoms. The summed E-state index contributed by atoms with van der Waals surface area (Å²) in [6.45, 7) is 2.52. The van der Waals surface area contributed by atoms with E-state index in [1.165, 1.54) is 7.11 Å². The van der Waals surface area contributed by atoms with E-state index in [1.807, 2.05) is 12.1 Å². The zero-order chi connectivity index (χ0) is 13.8. The summed E-state index contributed by atoms with van der Waals surface area (Å²) in [6, 6.07) is 5.49. The lowest BCUT2D eigenvalue weighted by atomic mass is 9.96. The van der Waals surface area contributed by atoms with Crippen LogP contribution in [0.1, 0.15) is 23.2 Å². The van der Waals surface area contributed by atoms with Crippen molar-refractivity contribution in [1.29, 1.82) is 0 Å². The molecule has 1 aromatic rings. The van der Waals surface area contributed by atoms with Gasteiger partial charge in [-0.1, -0.05) is 17.7 Å². The van der Waals surface area contributed by atoms with Gasteiger partial charge in [0, 0.05) is 13.1 Å². The third kappa shape index (κ3) is 3.01. The average Bonchev–Trinajstić information content (AvgIpc) is 2.46. The predicted octanol–water partition coefficient (Wildman–Crippen LogP) is 2.30. The number of rotatable bonds is 3. The maximum atomic E-state index is 11.9. The maximum absolute atomic E-state index is 11.9. The molecule has 4 nitrogen and oxygen atoms in total. The molecule has 1 heterocycles. The molecule has 1 aliphatic rings. The van der Waals surface area contributed by atoms with Gasteiger partial charge in [-0.2, -0.15) is 0 Å². The molecule has 0 bridgehead atoms. The van der Waals surface area contributed by atoms with Crippen LogP contribution in [0.4, 0.5) is 5.69 Å². The summed E-state index contributed by atoms with van der Waals surface area (Å²) in [7, 11) is 1.37. The summed E-state index contributed by atoms with van der Waals surface area (Å²) in [4.78, 5) is 14.0. The number of ether oxygens (including phenoxy) is 1. The van der Waals surface area contributed by atoms with Crippen molar-refractivity contribution < 1.29 is 9.53 Å². The van der Waals surface area contributed by atoms with Gasteiger partial charge in [-0.3, -0.25) is 0 Å². The fourth-order valence-electron chi connectivity index (χ4n) is 2.49. The van der Waals surface area contributed by atoms with Crippen molar-refractivity contribution in [2.45, 2.75) is 12.8 Å². The number of hydrogen-bond donors (Lipinski definition) is 1. The number of esters is 1. The van der Waals surface area contributed by atoms with Gasteiger partial charge in [0.25, 0.3) is 0 Å². The van der Waals surface area contributed by atoms with Crippen LogP contribution in [0.2, 0.25) is 5.02 Å². The van der Waals surface area contributed by atoms with Gasteiger partial charge in [-0.25, -0.2) is 4.79 Å². The Morgan fingerprint density at radius 2 is 2.16 bits per heavy atom. The molecular formula is C14H19ClN2O2. The van der Waals surface area contributed by atoms with Gasteiger partial charge >= 0.3 is 5.97 Å². The Hall–Kier alpha value is -1.26. The number of methoxy groups -OCH3 is 1. The fourth-order valence-corrected chi connectivity index (χ4v) is 2.74. The zero-order valence-corrected chi connectivity index (χ0v) is 11.8. The summed E-state index contributed by atoms with van der Waals surface area (Å²) in [5, 5.41) is 0.435. The van der Waals surface area contributed by atoms with Crippen molar-refractivity contribution in [2.75, 3.05) is 31.6 Å². The van der Waals surface area contributed by atoms with Crippen LogP contribution in [0, 0.1) is 5.92 Å². The lowest BCUT2D eigenvalue weighted by molar-refractivity contribution is 0.0601. The quantitative estimate of drug-likeness (QED) is 0.865. The number of nitrogens with zero attached hydrogens (tertiary/aromatic N) is 1. The minimum atomic E-state index is -0.387. The number of anilines is 1. The van der Waals surface area contributed by atoms with Gasteiger partial charge in [0.2, 0.25) is 0 Å². The van der Waals surface area contributed by atoms with Crippen LogP contribution in [0.5, 0.6) is 0 Å². The topological polar surface area (TPSA) is 55.6 Å². The molecule has 0 atom stereocenters. The second-order valence-corrected chi connectivity index (χ2v) is 5.20. The molecule has 1 aliphatic heterocycles. The summed E-state index contributed by atoms with van der Waals surface area (Å²) < 4.78 is 4.82. The summed E-state index contributed by atoms with van der Waals surface area (Å²) in [5.74, 6) is 0.193. The van der Waals surface area contributed by atoms with Crippen LogP contribution < -0.4 is 10.6 Å². The minimum absolute atomic E-state index is 0.387. The minimum Gasteiger partial charge on any atom is -0.465 e.